The number of hydrazine groups is 1. The van der Waals surface area contributed by atoms with Crippen molar-refractivity contribution in [1.29, 1.82) is 0 Å². The number of carbonyl (C=O) groups excluding carboxylic acids is 1. The fourth-order valence-corrected chi connectivity index (χ4v) is 2.35. The zero-order chi connectivity index (χ0) is 18.5. The van der Waals surface area contributed by atoms with Crippen molar-refractivity contribution in [3.8, 4) is 0 Å². The molecule has 5 N–H and O–H groups in total. The van der Waals surface area contributed by atoms with Gasteiger partial charge in [0, 0.05) is 11.9 Å². The van der Waals surface area contributed by atoms with Crippen molar-refractivity contribution >= 4 is 28.9 Å². The minimum atomic E-state index is -0.396. The van der Waals surface area contributed by atoms with Crippen LogP contribution in [-0.4, -0.2) is 20.9 Å². The molecule has 26 heavy (non-hydrogen) atoms. The van der Waals surface area contributed by atoms with Crippen LogP contribution < -0.4 is 21.9 Å². The van der Waals surface area contributed by atoms with Gasteiger partial charge in [-0.1, -0.05) is 23.8 Å². The lowest BCUT2D eigenvalue weighted by Gasteiger charge is -2.14. The van der Waals surface area contributed by atoms with E-state index in [1.165, 1.54) is 11.9 Å². The number of amides is 1. The van der Waals surface area contributed by atoms with E-state index in [9.17, 15) is 4.79 Å². The third-order valence-corrected chi connectivity index (χ3v) is 3.71. The van der Waals surface area contributed by atoms with Gasteiger partial charge < -0.3 is 11.1 Å². The molecule has 0 radical (unpaired) electrons. The summed E-state index contributed by atoms with van der Waals surface area (Å²) in [5.41, 5.74) is 15.0. The fourth-order valence-electron chi connectivity index (χ4n) is 2.35. The molecule has 3 rings (SSSR count). The van der Waals surface area contributed by atoms with Crippen LogP contribution in [-0.2, 0) is 0 Å². The van der Waals surface area contributed by atoms with Crippen LogP contribution in [0.1, 0.15) is 21.6 Å². The number of nitrogen functional groups attached to an aromatic ring is 1. The van der Waals surface area contributed by atoms with E-state index in [-0.39, 0.29) is 17.2 Å². The number of aryl methyl sites for hydroxylation is 2. The van der Waals surface area contributed by atoms with E-state index in [2.05, 4.69) is 37.2 Å². The molecule has 0 aliphatic heterocycles. The molecule has 0 saturated heterocycles. The van der Waals surface area contributed by atoms with Gasteiger partial charge in [0.2, 0.25) is 0 Å². The maximum absolute atomic E-state index is 12.0. The maximum atomic E-state index is 12.0. The molecule has 1 aromatic carbocycles. The van der Waals surface area contributed by atoms with Crippen LogP contribution >= 0.6 is 0 Å². The van der Waals surface area contributed by atoms with Crippen molar-refractivity contribution in [3.63, 3.8) is 0 Å². The molecule has 0 spiro atoms. The highest BCUT2D eigenvalue weighted by molar-refractivity contribution is 5.93. The monoisotopic (exact) mass is 349 g/mol. The van der Waals surface area contributed by atoms with Crippen molar-refractivity contribution in [2.75, 3.05) is 16.5 Å². The number of benzene rings is 1. The van der Waals surface area contributed by atoms with Gasteiger partial charge in [0.1, 0.15) is 17.7 Å². The van der Waals surface area contributed by atoms with Gasteiger partial charge in [-0.3, -0.25) is 20.6 Å². The number of nitrogens with two attached hydrogens (primary N) is 1. The Kier molecular flexibility index (Phi) is 4.93. The van der Waals surface area contributed by atoms with Crippen molar-refractivity contribution < 1.29 is 4.79 Å². The molecule has 1 amide bonds. The topological polar surface area (TPSA) is 118 Å². The van der Waals surface area contributed by atoms with Crippen LogP contribution in [0.4, 0.5) is 23.0 Å². The summed E-state index contributed by atoms with van der Waals surface area (Å²) >= 11 is 0. The second kappa shape index (κ2) is 7.47. The standard InChI is InChI=1S/C18H19N7O/c1-11-6-7-13(12(2)9-11)23-16-15(19)17(22-10-21-16)24-25-18(26)14-5-3-4-8-20-14/h3-10H,19H2,1-2H3,(H,25,26)(H2,21,22,23,24). The quantitative estimate of drug-likeness (QED) is 0.523. The summed E-state index contributed by atoms with van der Waals surface area (Å²) in [4.78, 5) is 24.3. The number of aromatic nitrogens is 3. The molecule has 2 aromatic heterocycles. The average Bonchev–Trinajstić information content (AvgIpc) is 2.65. The normalized spacial score (nSPS) is 10.2. The zero-order valence-electron chi connectivity index (χ0n) is 14.4. The first-order chi connectivity index (χ1) is 12.5. The molecular formula is C18H19N7O. The molecule has 0 atom stereocenters. The summed E-state index contributed by atoms with van der Waals surface area (Å²) in [7, 11) is 0. The lowest BCUT2D eigenvalue weighted by atomic mass is 10.1. The molecule has 0 unspecified atom stereocenters. The summed E-state index contributed by atoms with van der Waals surface area (Å²) in [6.45, 7) is 4.03. The molecular weight excluding hydrogens is 330 g/mol. The Morgan fingerprint density at radius 3 is 2.58 bits per heavy atom. The Morgan fingerprint density at radius 1 is 1.04 bits per heavy atom. The number of nitrogens with one attached hydrogen (secondary N) is 3. The second-order valence-corrected chi connectivity index (χ2v) is 5.72. The van der Waals surface area contributed by atoms with Crippen LogP contribution in [0.3, 0.4) is 0 Å². The Balaban J connectivity index is 1.74. The van der Waals surface area contributed by atoms with Crippen molar-refractivity contribution in [2.24, 2.45) is 0 Å². The first-order valence-electron chi connectivity index (χ1n) is 7.96. The number of anilines is 4. The fraction of sp³-hybridized carbons (Fsp3) is 0.111. The molecule has 8 heteroatoms. The molecule has 0 fully saturated rings. The number of nitrogens with zero attached hydrogens (tertiary/aromatic N) is 3. The van der Waals surface area contributed by atoms with E-state index in [0.29, 0.717) is 5.82 Å². The molecule has 2 heterocycles. The number of hydrogen-bond donors (Lipinski definition) is 4. The van der Waals surface area contributed by atoms with Crippen LogP contribution in [0.25, 0.3) is 0 Å². The summed E-state index contributed by atoms with van der Waals surface area (Å²) in [6, 6.07) is 11.1. The van der Waals surface area contributed by atoms with Crippen LogP contribution in [0.2, 0.25) is 0 Å². The first kappa shape index (κ1) is 17.2. The van der Waals surface area contributed by atoms with Gasteiger partial charge >= 0.3 is 0 Å². The van der Waals surface area contributed by atoms with Crippen molar-refractivity contribution in [2.45, 2.75) is 13.8 Å². The van der Waals surface area contributed by atoms with Gasteiger partial charge in [-0.05, 0) is 37.6 Å². The third-order valence-electron chi connectivity index (χ3n) is 3.71. The SMILES string of the molecule is Cc1ccc(Nc2ncnc(NNC(=O)c3ccccn3)c2N)c(C)c1. The van der Waals surface area contributed by atoms with E-state index < -0.39 is 5.91 Å². The summed E-state index contributed by atoms with van der Waals surface area (Å²) < 4.78 is 0. The van der Waals surface area contributed by atoms with Gasteiger partial charge in [-0.25, -0.2) is 9.97 Å². The van der Waals surface area contributed by atoms with E-state index in [0.717, 1.165) is 11.3 Å². The highest BCUT2D eigenvalue weighted by Gasteiger charge is 2.11. The van der Waals surface area contributed by atoms with Gasteiger partial charge in [0.15, 0.2) is 11.6 Å². The average molecular weight is 349 g/mol. The van der Waals surface area contributed by atoms with E-state index >= 15 is 0 Å². The highest BCUT2D eigenvalue weighted by Crippen LogP contribution is 2.27. The van der Waals surface area contributed by atoms with Gasteiger partial charge in [0.25, 0.3) is 5.91 Å². The van der Waals surface area contributed by atoms with Crippen molar-refractivity contribution in [1.82, 2.24) is 20.4 Å². The van der Waals surface area contributed by atoms with Crippen LogP contribution in [0, 0.1) is 13.8 Å². The predicted octanol–water partition coefficient (Wildman–Crippen LogP) is 2.57. The Labute approximate surface area is 150 Å². The lowest BCUT2D eigenvalue weighted by molar-refractivity contribution is 0.0957. The number of carbonyl (C=O) groups is 1. The van der Waals surface area contributed by atoms with Crippen LogP contribution in [0.5, 0.6) is 0 Å². The minimum absolute atomic E-state index is 0.279. The Bertz CT molecular complexity index is 928. The van der Waals surface area contributed by atoms with Crippen LogP contribution in [0.15, 0.2) is 48.9 Å². The Morgan fingerprint density at radius 2 is 1.85 bits per heavy atom. The molecule has 132 valence electrons. The maximum Gasteiger partial charge on any atom is 0.288 e. The largest absolute Gasteiger partial charge is 0.393 e. The van der Waals surface area contributed by atoms with E-state index in [1.54, 1.807) is 24.4 Å². The molecule has 0 aliphatic rings. The summed E-state index contributed by atoms with van der Waals surface area (Å²) in [5, 5.41) is 3.19. The van der Waals surface area contributed by atoms with Gasteiger partial charge in [-0.2, -0.15) is 0 Å². The molecule has 8 nitrogen and oxygen atoms in total. The lowest BCUT2D eigenvalue weighted by Crippen LogP contribution is -2.31. The first-order valence-corrected chi connectivity index (χ1v) is 7.96. The van der Waals surface area contributed by atoms with Gasteiger partial charge in [-0.15, -0.1) is 0 Å². The number of rotatable bonds is 5. The van der Waals surface area contributed by atoms with E-state index in [4.69, 9.17) is 5.73 Å². The summed E-state index contributed by atoms with van der Waals surface area (Å²) in [6.07, 6.45) is 2.90. The number of pyridine rings is 1. The molecule has 0 aliphatic carbocycles. The predicted molar refractivity (Wildman–Crippen MR) is 101 cm³/mol. The summed E-state index contributed by atoms with van der Waals surface area (Å²) in [5.74, 6) is 0.339. The zero-order valence-corrected chi connectivity index (χ0v) is 14.4. The molecule has 0 saturated carbocycles. The third kappa shape index (κ3) is 3.86. The highest BCUT2D eigenvalue weighted by atomic mass is 16.2. The van der Waals surface area contributed by atoms with E-state index in [1.807, 2.05) is 26.0 Å². The number of hydrogen-bond acceptors (Lipinski definition) is 7. The minimum Gasteiger partial charge on any atom is -0.393 e. The second-order valence-electron chi connectivity index (χ2n) is 5.72. The van der Waals surface area contributed by atoms with Crippen molar-refractivity contribution in [3.05, 3.63) is 65.7 Å². The molecule has 3 aromatic rings. The smallest absolute Gasteiger partial charge is 0.288 e. The van der Waals surface area contributed by atoms with Gasteiger partial charge in [0.05, 0.1) is 0 Å². The molecule has 0 bridgehead atoms. The Hall–Kier alpha value is -3.68.